The maximum absolute atomic E-state index is 14.4. The molecule has 5 rings (SSSR count). The number of rotatable bonds is 10. The summed E-state index contributed by atoms with van der Waals surface area (Å²) in [6.07, 6.45) is 0.669. The van der Waals surface area contributed by atoms with Gasteiger partial charge in [0, 0.05) is 46.6 Å². The molecule has 4 aromatic rings. The summed E-state index contributed by atoms with van der Waals surface area (Å²) in [7, 11) is 1.19. The lowest BCUT2D eigenvalue weighted by atomic mass is 9.93. The van der Waals surface area contributed by atoms with E-state index in [1.165, 1.54) is 36.6 Å². The fraction of sp³-hybridized carbons (Fsp3) is 0.316. The van der Waals surface area contributed by atoms with Crippen LogP contribution in [-0.2, 0) is 22.4 Å². The van der Waals surface area contributed by atoms with E-state index in [1.807, 2.05) is 18.4 Å². The fourth-order valence-electron chi connectivity index (χ4n) is 5.68. The third-order valence-corrected chi connectivity index (χ3v) is 9.01. The highest BCUT2D eigenvalue weighted by atomic mass is 32.1. The number of aromatic nitrogens is 1. The van der Waals surface area contributed by atoms with Gasteiger partial charge < -0.3 is 35.3 Å². The number of ether oxygens (including phenoxy) is 3. The largest absolute Gasteiger partial charge is 0.493 e. The highest BCUT2D eigenvalue weighted by Crippen LogP contribution is 2.43. The second-order valence-corrected chi connectivity index (χ2v) is 14.0. The van der Waals surface area contributed by atoms with E-state index in [4.69, 9.17) is 14.2 Å². The molecule has 3 heterocycles. The third-order valence-electron chi connectivity index (χ3n) is 8.02. The summed E-state index contributed by atoms with van der Waals surface area (Å²) in [5, 5.41) is 20.3. The van der Waals surface area contributed by atoms with Crippen LogP contribution in [0.25, 0.3) is 21.6 Å². The first-order chi connectivity index (χ1) is 24.7. The predicted octanol–water partition coefficient (Wildman–Crippen LogP) is 6.62. The Morgan fingerprint density at radius 1 is 0.962 bits per heavy atom. The van der Waals surface area contributed by atoms with Crippen LogP contribution in [0.3, 0.4) is 0 Å². The minimum absolute atomic E-state index is 0.0131. The quantitative estimate of drug-likeness (QED) is 0.130. The molecular weight excluding hydrogens is 689 g/mol. The number of nitrogens with zero attached hydrogens (tertiary/aromatic N) is 1. The number of fused-ring (bicyclic) bond motifs is 3. The van der Waals surface area contributed by atoms with Crippen molar-refractivity contribution in [1.82, 2.24) is 15.6 Å². The van der Waals surface area contributed by atoms with Crippen molar-refractivity contribution in [2.24, 2.45) is 0 Å². The molecule has 52 heavy (non-hydrogen) atoms. The first-order valence-electron chi connectivity index (χ1n) is 16.6. The molecule has 272 valence electrons. The Labute approximate surface area is 304 Å². The van der Waals surface area contributed by atoms with Gasteiger partial charge in [-0.25, -0.2) is 19.4 Å². The molecule has 2 aromatic heterocycles. The molecule has 0 saturated carbocycles. The van der Waals surface area contributed by atoms with Crippen LogP contribution in [0, 0.1) is 6.92 Å². The van der Waals surface area contributed by atoms with E-state index >= 15 is 0 Å². The average Bonchev–Trinajstić information content (AvgIpc) is 3.50. The second-order valence-electron chi connectivity index (χ2n) is 13.1. The number of aryl methyl sites for hydroxylation is 1. The number of amides is 3. The van der Waals surface area contributed by atoms with Crippen LogP contribution in [-0.4, -0.2) is 65.8 Å². The van der Waals surface area contributed by atoms with Crippen LogP contribution in [0.15, 0.2) is 47.8 Å². The lowest BCUT2D eigenvalue weighted by molar-refractivity contribution is 0.0521. The number of esters is 1. The van der Waals surface area contributed by atoms with Gasteiger partial charge in [-0.3, -0.25) is 9.59 Å². The molecule has 0 bridgehead atoms. The lowest BCUT2D eigenvalue weighted by Crippen LogP contribution is -2.32. The standard InChI is InChI=1S/C38H40N4O9S/c1-7-12-39-34(44)28-9-8-23(31(41-28)36(47)49-6)24-18-29-26(32-22(10-13-50-29)11-14-52-32)17-25(24)33(43)42-30-20(2)15-21(16-27(30)35(45)46)19-40-37(48)51-38(3,4)5/h8-9,11,14-18H,7,10,12-13,19H2,1-6H3,(H,39,44)(H,40,48)(H,42,43)(H,45,46). The van der Waals surface area contributed by atoms with Crippen molar-refractivity contribution < 1.29 is 43.3 Å². The van der Waals surface area contributed by atoms with Crippen LogP contribution >= 0.6 is 11.3 Å². The van der Waals surface area contributed by atoms with Gasteiger partial charge in [-0.05, 0) is 92.6 Å². The number of alkyl carbamates (subject to hydrolysis) is 1. The number of carbonyl (C=O) groups is 5. The Morgan fingerprint density at radius 3 is 2.42 bits per heavy atom. The number of carboxylic acid groups (broad SMARTS) is 1. The van der Waals surface area contributed by atoms with Crippen LogP contribution < -0.4 is 20.7 Å². The van der Waals surface area contributed by atoms with Gasteiger partial charge >= 0.3 is 18.0 Å². The minimum Gasteiger partial charge on any atom is -0.493 e. The molecule has 0 radical (unpaired) electrons. The number of carboxylic acids is 1. The molecule has 13 nitrogen and oxygen atoms in total. The molecule has 0 atom stereocenters. The Kier molecular flexibility index (Phi) is 11.3. The Hall–Kier alpha value is -5.76. The Balaban J connectivity index is 1.61. The van der Waals surface area contributed by atoms with Gasteiger partial charge in [0.1, 0.15) is 17.0 Å². The van der Waals surface area contributed by atoms with Gasteiger partial charge in [-0.15, -0.1) is 11.3 Å². The lowest BCUT2D eigenvalue weighted by Gasteiger charge is -2.20. The fourth-order valence-corrected chi connectivity index (χ4v) is 6.66. The number of benzene rings is 2. The van der Waals surface area contributed by atoms with Crippen molar-refractivity contribution in [1.29, 1.82) is 0 Å². The van der Waals surface area contributed by atoms with Crippen LogP contribution in [0.1, 0.15) is 92.5 Å². The second kappa shape index (κ2) is 15.6. The first-order valence-corrected chi connectivity index (χ1v) is 17.5. The van der Waals surface area contributed by atoms with Crippen molar-refractivity contribution in [2.75, 3.05) is 25.6 Å². The van der Waals surface area contributed by atoms with Crippen molar-refractivity contribution in [3.05, 3.63) is 87.0 Å². The van der Waals surface area contributed by atoms with E-state index in [0.29, 0.717) is 48.4 Å². The van der Waals surface area contributed by atoms with Crippen LogP contribution in [0.5, 0.6) is 5.75 Å². The van der Waals surface area contributed by atoms with Crippen LogP contribution in [0.2, 0.25) is 0 Å². The monoisotopic (exact) mass is 728 g/mol. The van der Waals surface area contributed by atoms with Gasteiger partial charge in [0.2, 0.25) is 0 Å². The number of hydrogen-bond acceptors (Lipinski definition) is 10. The van der Waals surface area contributed by atoms with Crippen molar-refractivity contribution in [3.63, 3.8) is 0 Å². The third kappa shape index (κ3) is 8.40. The van der Waals surface area contributed by atoms with E-state index in [2.05, 4.69) is 20.9 Å². The zero-order chi connectivity index (χ0) is 37.7. The Bertz CT molecular complexity index is 2070. The molecule has 0 spiro atoms. The number of hydrogen-bond donors (Lipinski definition) is 4. The molecule has 1 aliphatic rings. The summed E-state index contributed by atoms with van der Waals surface area (Å²) in [5.41, 5.74) is 2.04. The van der Waals surface area contributed by atoms with E-state index < -0.39 is 35.4 Å². The SMILES string of the molecule is CCCNC(=O)c1ccc(-c2cc3c(cc2C(=O)Nc2c(C)cc(CNC(=O)OC(C)(C)C)cc2C(=O)O)-c2sccc2CCO3)c(C(=O)OC)n1. The van der Waals surface area contributed by atoms with Crippen molar-refractivity contribution >= 4 is 46.9 Å². The predicted molar refractivity (Wildman–Crippen MR) is 195 cm³/mol. The molecule has 4 N–H and O–H groups in total. The van der Waals surface area contributed by atoms with Gasteiger partial charge in [-0.1, -0.05) is 13.0 Å². The molecule has 0 saturated heterocycles. The van der Waals surface area contributed by atoms with Gasteiger partial charge in [0.25, 0.3) is 11.8 Å². The van der Waals surface area contributed by atoms with Crippen molar-refractivity contribution in [2.45, 2.75) is 59.6 Å². The molecule has 0 fully saturated rings. The number of nitrogens with one attached hydrogen (secondary N) is 3. The topological polar surface area (TPSA) is 182 Å². The van der Waals surface area contributed by atoms with E-state index in [1.54, 1.807) is 45.9 Å². The summed E-state index contributed by atoms with van der Waals surface area (Å²) < 4.78 is 16.5. The van der Waals surface area contributed by atoms with Gasteiger partial charge in [0.15, 0.2) is 5.69 Å². The highest BCUT2D eigenvalue weighted by Gasteiger charge is 2.28. The van der Waals surface area contributed by atoms with Gasteiger partial charge in [-0.2, -0.15) is 0 Å². The number of pyridine rings is 1. The molecular formula is C38H40N4O9S. The summed E-state index contributed by atoms with van der Waals surface area (Å²) in [5.74, 6) is -2.81. The average molecular weight is 729 g/mol. The zero-order valence-corrected chi connectivity index (χ0v) is 30.5. The molecule has 1 aliphatic heterocycles. The van der Waals surface area contributed by atoms with Gasteiger partial charge in [0.05, 0.1) is 25.0 Å². The number of carbonyl (C=O) groups excluding carboxylic acids is 4. The number of aromatic carboxylic acids is 1. The van der Waals surface area contributed by atoms with Crippen LogP contribution in [0.4, 0.5) is 10.5 Å². The molecule has 14 heteroatoms. The molecule has 0 aliphatic carbocycles. The molecule has 0 unspecified atom stereocenters. The minimum atomic E-state index is -1.30. The maximum Gasteiger partial charge on any atom is 0.407 e. The summed E-state index contributed by atoms with van der Waals surface area (Å²) in [4.78, 5) is 70.4. The normalized spacial score (nSPS) is 12.0. The number of methoxy groups -OCH3 is 1. The molecule has 2 aromatic carbocycles. The summed E-state index contributed by atoms with van der Waals surface area (Å²) in [6, 6.07) is 11.3. The summed E-state index contributed by atoms with van der Waals surface area (Å²) >= 11 is 1.49. The first kappa shape index (κ1) is 37.5. The molecule has 3 amide bonds. The number of thiophene rings is 1. The van der Waals surface area contributed by atoms with Crippen molar-refractivity contribution in [3.8, 4) is 27.3 Å². The Morgan fingerprint density at radius 2 is 1.73 bits per heavy atom. The van der Waals surface area contributed by atoms with E-state index in [-0.39, 0.29) is 45.9 Å². The number of anilines is 1. The highest BCUT2D eigenvalue weighted by molar-refractivity contribution is 7.13. The van der Waals surface area contributed by atoms with E-state index in [0.717, 1.165) is 10.4 Å². The summed E-state index contributed by atoms with van der Waals surface area (Å²) in [6.45, 7) is 9.50. The maximum atomic E-state index is 14.4. The zero-order valence-electron chi connectivity index (χ0n) is 29.7. The van der Waals surface area contributed by atoms with E-state index in [9.17, 15) is 29.1 Å². The smallest absolute Gasteiger partial charge is 0.407 e.